The highest BCUT2D eigenvalue weighted by molar-refractivity contribution is 9.10. The van der Waals surface area contributed by atoms with E-state index in [1.807, 2.05) is 12.1 Å². The first kappa shape index (κ1) is 14.8. The second-order valence-corrected chi connectivity index (χ2v) is 5.81. The molecule has 1 N–H and O–H groups in total. The highest BCUT2D eigenvalue weighted by Crippen LogP contribution is 2.25. The fourth-order valence-electron chi connectivity index (χ4n) is 2.39. The van der Waals surface area contributed by atoms with Crippen LogP contribution in [0.15, 0.2) is 22.7 Å². The van der Waals surface area contributed by atoms with Crippen LogP contribution in [-0.2, 0) is 11.3 Å². The van der Waals surface area contributed by atoms with Gasteiger partial charge in [0.1, 0.15) is 5.75 Å². The molecular weight excluding hydrogens is 306 g/mol. The van der Waals surface area contributed by atoms with Gasteiger partial charge in [-0.1, -0.05) is 12.5 Å². The lowest BCUT2D eigenvalue weighted by molar-refractivity contribution is 0.108. The van der Waals surface area contributed by atoms with Gasteiger partial charge in [0.15, 0.2) is 0 Å². The third-order valence-electron chi connectivity index (χ3n) is 3.51. The summed E-state index contributed by atoms with van der Waals surface area (Å²) in [6.45, 7) is 2.65. The number of piperidine rings is 1. The number of benzene rings is 1. The molecule has 1 fully saturated rings. The largest absolute Gasteiger partial charge is 0.496 e. The van der Waals surface area contributed by atoms with Gasteiger partial charge in [-0.25, -0.2) is 0 Å². The summed E-state index contributed by atoms with van der Waals surface area (Å²) in [6.07, 6.45) is 5.06. The van der Waals surface area contributed by atoms with Crippen LogP contribution in [0.25, 0.3) is 0 Å². The minimum atomic E-state index is 0.649. The zero-order valence-corrected chi connectivity index (χ0v) is 13.0. The first-order valence-corrected chi connectivity index (χ1v) is 7.72. The lowest BCUT2D eigenvalue weighted by Crippen LogP contribution is -2.34. The van der Waals surface area contributed by atoms with E-state index in [0.29, 0.717) is 12.6 Å². The van der Waals surface area contributed by atoms with Crippen molar-refractivity contribution in [3.63, 3.8) is 0 Å². The molecular formula is C15H22BrNO2. The lowest BCUT2D eigenvalue weighted by atomic mass is 10.0. The molecule has 3 nitrogen and oxygen atoms in total. The molecule has 0 saturated carbocycles. The highest BCUT2D eigenvalue weighted by atomic mass is 79.9. The Bertz CT molecular complexity index is 392. The Hall–Kier alpha value is -0.580. The molecule has 19 heavy (non-hydrogen) atoms. The van der Waals surface area contributed by atoms with Gasteiger partial charge in [0, 0.05) is 12.6 Å². The maximum Gasteiger partial charge on any atom is 0.133 e. The van der Waals surface area contributed by atoms with Crippen molar-refractivity contribution < 1.29 is 9.47 Å². The fraction of sp³-hybridized carbons (Fsp3) is 0.600. The second kappa shape index (κ2) is 7.88. The molecule has 0 aliphatic carbocycles. The summed E-state index contributed by atoms with van der Waals surface area (Å²) >= 11 is 3.49. The Balaban J connectivity index is 1.69. The predicted octanol–water partition coefficient (Wildman–Crippen LogP) is 3.51. The van der Waals surface area contributed by atoms with Crippen LogP contribution in [0.1, 0.15) is 31.2 Å². The van der Waals surface area contributed by atoms with Gasteiger partial charge >= 0.3 is 0 Å². The van der Waals surface area contributed by atoms with Gasteiger partial charge in [-0.2, -0.15) is 0 Å². The minimum Gasteiger partial charge on any atom is -0.496 e. The van der Waals surface area contributed by atoms with E-state index >= 15 is 0 Å². The first-order valence-electron chi connectivity index (χ1n) is 6.93. The number of ether oxygens (including phenoxy) is 2. The highest BCUT2D eigenvalue weighted by Gasteiger charge is 2.11. The second-order valence-electron chi connectivity index (χ2n) is 4.96. The van der Waals surface area contributed by atoms with Crippen molar-refractivity contribution in [2.75, 3.05) is 20.3 Å². The Labute approximate surface area is 123 Å². The van der Waals surface area contributed by atoms with Crippen molar-refractivity contribution in [1.29, 1.82) is 0 Å². The van der Waals surface area contributed by atoms with E-state index in [2.05, 4.69) is 27.3 Å². The molecule has 106 valence electrons. The van der Waals surface area contributed by atoms with Crippen molar-refractivity contribution >= 4 is 15.9 Å². The molecule has 0 radical (unpaired) electrons. The minimum absolute atomic E-state index is 0.649. The molecule has 0 amide bonds. The summed E-state index contributed by atoms with van der Waals surface area (Å²) in [5.74, 6) is 0.857. The molecule has 1 aromatic carbocycles. The van der Waals surface area contributed by atoms with Crippen molar-refractivity contribution in [2.24, 2.45) is 0 Å². The van der Waals surface area contributed by atoms with Crippen LogP contribution in [0, 0.1) is 0 Å². The average Bonchev–Trinajstić information content (AvgIpc) is 2.45. The van der Waals surface area contributed by atoms with Crippen LogP contribution < -0.4 is 10.1 Å². The summed E-state index contributed by atoms with van der Waals surface area (Å²) in [4.78, 5) is 0. The number of halogens is 1. The van der Waals surface area contributed by atoms with Crippen LogP contribution in [0.3, 0.4) is 0 Å². The quantitative estimate of drug-likeness (QED) is 0.811. The van der Waals surface area contributed by atoms with Gasteiger partial charge in [0.2, 0.25) is 0 Å². The Morgan fingerprint density at radius 1 is 1.37 bits per heavy atom. The van der Waals surface area contributed by atoms with Gasteiger partial charge in [0.25, 0.3) is 0 Å². The van der Waals surface area contributed by atoms with Crippen molar-refractivity contribution in [3.8, 4) is 5.75 Å². The smallest absolute Gasteiger partial charge is 0.133 e. The van der Waals surface area contributed by atoms with Crippen molar-refractivity contribution in [1.82, 2.24) is 5.32 Å². The van der Waals surface area contributed by atoms with E-state index < -0.39 is 0 Å². The number of rotatable bonds is 6. The Kier molecular flexibility index (Phi) is 6.14. The molecule has 1 aliphatic heterocycles. The van der Waals surface area contributed by atoms with Crippen LogP contribution in [0.5, 0.6) is 5.75 Å². The number of hydrogen-bond donors (Lipinski definition) is 1. The molecule has 0 aromatic heterocycles. The standard InChI is InChI=1S/C15H22BrNO2/c1-18-15-6-5-12(10-14(15)16)11-19-9-7-13-4-2-3-8-17-13/h5-6,10,13,17H,2-4,7-9,11H2,1H3. The third kappa shape index (κ3) is 4.79. The topological polar surface area (TPSA) is 30.5 Å². The van der Waals surface area contributed by atoms with Crippen LogP contribution >= 0.6 is 15.9 Å². The molecule has 2 rings (SSSR count). The van der Waals surface area contributed by atoms with Crippen LogP contribution in [0.4, 0.5) is 0 Å². The summed E-state index contributed by atoms with van der Waals surface area (Å²) in [5.41, 5.74) is 1.17. The molecule has 1 saturated heterocycles. The average molecular weight is 328 g/mol. The van der Waals surface area contributed by atoms with Crippen LogP contribution in [0.2, 0.25) is 0 Å². The maximum absolute atomic E-state index is 5.75. The zero-order chi connectivity index (χ0) is 13.5. The molecule has 1 aromatic rings. The molecule has 4 heteroatoms. The van der Waals surface area contributed by atoms with Gasteiger partial charge in [-0.05, 0) is 59.4 Å². The van der Waals surface area contributed by atoms with Gasteiger partial charge < -0.3 is 14.8 Å². The van der Waals surface area contributed by atoms with Gasteiger partial charge in [-0.3, -0.25) is 0 Å². The summed E-state index contributed by atoms with van der Waals surface area (Å²) < 4.78 is 11.9. The van der Waals surface area contributed by atoms with E-state index in [0.717, 1.165) is 29.8 Å². The maximum atomic E-state index is 5.75. The Morgan fingerprint density at radius 2 is 2.26 bits per heavy atom. The fourth-order valence-corrected chi connectivity index (χ4v) is 2.97. The summed E-state index contributed by atoms with van der Waals surface area (Å²) in [5, 5.41) is 3.54. The number of methoxy groups -OCH3 is 1. The first-order chi connectivity index (χ1) is 9.29. The van der Waals surface area contributed by atoms with Gasteiger partial charge in [0.05, 0.1) is 18.2 Å². The van der Waals surface area contributed by atoms with E-state index in [-0.39, 0.29) is 0 Å². The van der Waals surface area contributed by atoms with E-state index in [9.17, 15) is 0 Å². The molecule has 0 spiro atoms. The molecule has 1 heterocycles. The monoisotopic (exact) mass is 327 g/mol. The van der Waals surface area contributed by atoms with Crippen molar-refractivity contribution in [2.45, 2.75) is 38.3 Å². The molecule has 1 atom stereocenters. The Morgan fingerprint density at radius 3 is 2.95 bits per heavy atom. The normalized spacial score (nSPS) is 19.4. The zero-order valence-electron chi connectivity index (χ0n) is 11.5. The van der Waals surface area contributed by atoms with Crippen molar-refractivity contribution in [3.05, 3.63) is 28.2 Å². The number of hydrogen-bond acceptors (Lipinski definition) is 3. The lowest BCUT2D eigenvalue weighted by Gasteiger charge is -2.23. The van der Waals surface area contributed by atoms with E-state index in [1.54, 1.807) is 7.11 Å². The van der Waals surface area contributed by atoms with Crippen LogP contribution in [-0.4, -0.2) is 26.3 Å². The molecule has 1 aliphatic rings. The van der Waals surface area contributed by atoms with E-state index in [4.69, 9.17) is 9.47 Å². The number of nitrogens with one attached hydrogen (secondary N) is 1. The SMILES string of the molecule is COc1ccc(COCCC2CCCCN2)cc1Br. The van der Waals surface area contributed by atoms with Gasteiger partial charge in [-0.15, -0.1) is 0 Å². The van der Waals surface area contributed by atoms with E-state index in [1.165, 1.54) is 24.8 Å². The molecule has 1 unspecified atom stereocenters. The summed E-state index contributed by atoms with van der Waals surface area (Å²) in [7, 11) is 1.67. The third-order valence-corrected chi connectivity index (χ3v) is 4.13. The molecule has 0 bridgehead atoms. The summed E-state index contributed by atoms with van der Waals surface area (Å²) in [6, 6.07) is 6.71. The predicted molar refractivity (Wildman–Crippen MR) is 80.6 cm³/mol.